The summed E-state index contributed by atoms with van der Waals surface area (Å²) in [5.74, 6) is 6.67. The fourth-order valence-corrected chi connectivity index (χ4v) is 2.22. The maximum atomic E-state index is 5.64. The standard InChI is InChI=1S/C11H20N4O/c1-15-7-6-13-11(15)5-4-9(14-12)10-3-2-8-16-10/h6-7,9-10,14H,2-5,8,12H2,1H3. The third kappa shape index (κ3) is 2.61. The van der Waals surface area contributed by atoms with Gasteiger partial charge in [-0.2, -0.15) is 0 Å². The topological polar surface area (TPSA) is 65.1 Å². The Kier molecular flexibility index (Phi) is 3.93. The quantitative estimate of drug-likeness (QED) is 0.560. The van der Waals surface area contributed by atoms with Crippen LogP contribution in [0.25, 0.3) is 0 Å². The highest BCUT2D eigenvalue weighted by molar-refractivity contribution is 4.93. The van der Waals surface area contributed by atoms with E-state index in [4.69, 9.17) is 10.6 Å². The van der Waals surface area contributed by atoms with Crippen LogP contribution < -0.4 is 11.3 Å². The average molecular weight is 224 g/mol. The van der Waals surface area contributed by atoms with Gasteiger partial charge in [-0.15, -0.1) is 0 Å². The van der Waals surface area contributed by atoms with Crippen LogP contribution in [0.2, 0.25) is 0 Å². The van der Waals surface area contributed by atoms with Gasteiger partial charge in [-0.05, 0) is 19.3 Å². The molecule has 1 aliphatic rings. The first-order valence-electron chi connectivity index (χ1n) is 5.85. The number of hydrogen-bond donors (Lipinski definition) is 2. The van der Waals surface area contributed by atoms with Crippen LogP contribution in [-0.2, 0) is 18.2 Å². The lowest BCUT2D eigenvalue weighted by molar-refractivity contribution is 0.0755. The zero-order valence-electron chi connectivity index (χ0n) is 9.72. The number of aromatic nitrogens is 2. The molecule has 2 rings (SSSR count). The zero-order chi connectivity index (χ0) is 11.4. The molecular formula is C11H20N4O. The lowest BCUT2D eigenvalue weighted by Gasteiger charge is -2.21. The van der Waals surface area contributed by atoms with E-state index >= 15 is 0 Å². The average Bonchev–Trinajstić information content (AvgIpc) is 2.92. The number of nitrogens with two attached hydrogens (primary N) is 1. The van der Waals surface area contributed by atoms with Gasteiger partial charge in [0.05, 0.1) is 6.10 Å². The lowest BCUT2D eigenvalue weighted by Crippen LogP contribution is -2.44. The van der Waals surface area contributed by atoms with E-state index in [0.29, 0.717) is 0 Å². The molecule has 3 N–H and O–H groups in total. The Balaban J connectivity index is 1.85. The molecule has 1 saturated heterocycles. The molecule has 2 unspecified atom stereocenters. The molecule has 0 aromatic carbocycles. The summed E-state index contributed by atoms with van der Waals surface area (Å²) in [6, 6.07) is 0.235. The Bertz CT molecular complexity index is 320. The van der Waals surface area contributed by atoms with Crippen LogP contribution in [0.4, 0.5) is 0 Å². The molecular weight excluding hydrogens is 204 g/mol. The van der Waals surface area contributed by atoms with E-state index in [9.17, 15) is 0 Å². The van der Waals surface area contributed by atoms with Crippen LogP contribution in [0.3, 0.4) is 0 Å². The molecule has 1 aromatic rings. The van der Waals surface area contributed by atoms with Gasteiger partial charge in [0.2, 0.25) is 0 Å². The van der Waals surface area contributed by atoms with Crippen molar-refractivity contribution < 1.29 is 4.74 Å². The third-order valence-corrected chi connectivity index (χ3v) is 3.23. The van der Waals surface area contributed by atoms with Crippen molar-refractivity contribution in [3.63, 3.8) is 0 Å². The molecule has 16 heavy (non-hydrogen) atoms. The minimum atomic E-state index is 0.235. The Hall–Kier alpha value is -0.910. The van der Waals surface area contributed by atoms with E-state index in [1.165, 1.54) is 0 Å². The summed E-state index contributed by atoms with van der Waals surface area (Å²) in [5.41, 5.74) is 2.86. The largest absolute Gasteiger partial charge is 0.377 e. The van der Waals surface area contributed by atoms with Gasteiger partial charge in [0.25, 0.3) is 0 Å². The highest BCUT2D eigenvalue weighted by Gasteiger charge is 2.24. The van der Waals surface area contributed by atoms with Crippen molar-refractivity contribution in [2.24, 2.45) is 12.9 Å². The van der Waals surface area contributed by atoms with Gasteiger partial charge in [-0.25, -0.2) is 4.98 Å². The second-order valence-electron chi connectivity index (χ2n) is 4.32. The Morgan fingerprint density at radius 2 is 2.62 bits per heavy atom. The maximum Gasteiger partial charge on any atom is 0.108 e. The number of nitrogens with zero attached hydrogens (tertiary/aromatic N) is 2. The fraction of sp³-hybridized carbons (Fsp3) is 0.727. The van der Waals surface area contributed by atoms with Crippen molar-refractivity contribution >= 4 is 0 Å². The minimum Gasteiger partial charge on any atom is -0.377 e. The highest BCUT2D eigenvalue weighted by atomic mass is 16.5. The number of aryl methyl sites for hydroxylation is 2. The van der Waals surface area contributed by atoms with E-state index in [2.05, 4.69) is 10.4 Å². The molecule has 0 bridgehead atoms. The first-order valence-corrected chi connectivity index (χ1v) is 5.85. The van der Waals surface area contributed by atoms with E-state index in [1.807, 2.05) is 24.0 Å². The van der Waals surface area contributed by atoms with E-state index in [-0.39, 0.29) is 12.1 Å². The molecule has 0 spiro atoms. The van der Waals surface area contributed by atoms with Crippen LogP contribution in [0, 0.1) is 0 Å². The third-order valence-electron chi connectivity index (χ3n) is 3.23. The molecule has 1 aliphatic heterocycles. The molecule has 0 amide bonds. The highest BCUT2D eigenvalue weighted by Crippen LogP contribution is 2.18. The van der Waals surface area contributed by atoms with Gasteiger partial charge in [-0.1, -0.05) is 0 Å². The second-order valence-corrected chi connectivity index (χ2v) is 4.32. The number of hydrazine groups is 1. The van der Waals surface area contributed by atoms with Crippen LogP contribution in [0.5, 0.6) is 0 Å². The van der Waals surface area contributed by atoms with Gasteiger partial charge in [0.1, 0.15) is 5.82 Å². The van der Waals surface area contributed by atoms with Crippen molar-refractivity contribution in [2.75, 3.05) is 6.61 Å². The van der Waals surface area contributed by atoms with Crippen molar-refractivity contribution in [2.45, 2.75) is 37.8 Å². The summed E-state index contributed by atoms with van der Waals surface area (Å²) in [6.45, 7) is 0.866. The number of rotatable bonds is 5. The molecule has 5 nitrogen and oxygen atoms in total. The van der Waals surface area contributed by atoms with Crippen molar-refractivity contribution in [1.82, 2.24) is 15.0 Å². The van der Waals surface area contributed by atoms with Gasteiger partial charge in [0, 0.05) is 38.5 Å². The number of hydrogen-bond acceptors (Lipinski definition) is 4. The zero-order valence-corrected chi connectivity index (χ0v) is 9.72. The number of imidazole rings is 1. The van der Waals surface area contributed by atoms with Gasteiger partial charge >= 0.3 is 0 Å². The predicted molar refractivity (Wildman–Crippen MR) is 61.6 cm³/mol. The molecule has 2 atom stereocenters. The second kappa shape index (κ2) is 5.43. The first-order chi connectivity index (χ1) is 7.81. The number of nitrogens with one attached hydrogen (secondary N) is 1. The summed E-state index contributed by atoms with van der Waals surface area (Å²) in [5, 5.41) is 0. The summed E-state index contributed by atoms with van der Waals surface area (Å²) in [7, 11) is 2.01. The van der Waals surface area contributed by atoms with Gasteiger partial charge in [0.15, 0.2) is 0 Å². The number of ether oxygens (including phenoxy) is 1. The maximum absolute atomic E-state index is 5.64. The molecule has 1 fully saturated rings. The van der Waals surface area contributed by atoms with Crippen molar-refractivity contribution in [3.8, 4) is 0 Å². The Labute approximate surface area is 96.0 Å². The molecule has 0 saturated carbocycles. The van der Waals surface area contributed by atoms with Gasteiger partial charge < -0.3 is 9.30 Å². The molecule has 90 valence electrons. The normalized spacial score (nSPS) is 22.5. The monoisotopic (exact) mass is 224 g/mol. The molecule has 1 aromatic heterocycles. The summed E-state index contributed by atoms with van der Waals surface area (Å²) >= 11 is 0. The van der Waals surface area contributed by atoms with Crippen molar-refractivity contribution in [1.29, 1.82) is 0 Å². The molecule has 2 heterocycles. The summed E-state index contributed by atoms with van der Waals surface area (Å²) in [6.07, 6.45) is 8.20. The summed E-state index contributed by atoms with van der Waals surface area (Å²) < 4.78 is 7.68. The van der Waals surface area contributed by atoms with Crippen molar-refractivity contribution in [3.05, 3.63) is 18.2 Å². The molecule has 5 heteroatoms. The van der Waals surface area contributed by atoms with E-state index in [1.54, 1.807) is 0 Å². The SMILES string of the molecule is Cn1ccnc1CCC(NN)C1CCCO1. The summed E-state index contributed by atoms with van der Waals surface area (Å²) in [4.78, 5) is 4.30. The minimum absolute atomic E-state index is 0.235. The lowest BCUT2D eigenvalue weighted by atomic mass is 10.0. The first kappa shape index (κ1) is 11.6. The van der Waals surface area contributed by atoms with Crippen LogP contribution in [0.15, 0.2) is 12.4 Å². The predicted octanol–water partition coefficient (Wildman–Crippen LogP) is 0.364. The molecule has 0 aliphatic carbocycles. The fourth-order valence-electron chi connectivity index (χ4n) is 2.22. The Morgan fingerprint density at radius 1 is 1.75 bits per heavy atom. The van der Waals surface area contributed by atoms with Gasteiger partial charge in [-0.3, -0.25) is 11.3 Å². The van der Waals surface area contributed by atoms with Crippen LogP contribution in [-0.4, -0.2) is 28.3 Å². The van der Waals surface area contributed by atoms with E-state index < -0.39 is 0 Å². The smallest absolute Gasteiger partial charge is 0.108 e. The Morgan fingerprint density at radius 3 is 3.19 bits per heavy atom. The van der Waals surface area contributed by atoms with E-state index in [0.717, 1.165) is 38.1 Å². The molecule has 0 radical (unpaired) electrons. The van der Waals surface area contributed by atoms with Crippen LogP contribution >= 0.6 is 0 Å². The van der Waals surface area contributed by atoms with Crippen LogP contribution in [0.1, 0.15) is 25.1 Å².